The molecule has 164 valence electrons. The van der Waals surface area contributed by atoms with Gasteiger partial charge in [0.15, 0.2) is 0 Å². The third-order valence-electron chi connectivity index (χ3n) is 5.38. The third kappa shape index (κ3) is 4.18. The highest BCUT2D eigenvalue weighted by atomic mass is 35.5. The molecule has 0 unspecified atom stereocenters. The zero-order valence-corrected chi connectivity index (χ0v) is 17.7. The molecule has 3 aromatic rings. The van der Waals surface area contributed by atoms with Crippen molar-refractivity contribution >= 4 is 17.5 Å². The second-order valence-corrected chi connectivity index (χ2v) is 7.88. The van der Waals surface area contributed by atoms with Gasteiger partial charge in [-0.1, -0.05) is 23.7 Å². The van der Waals surface area contributed by atoms with Crippen LogP contribution in [0, 0.1) is 11.3 Å². The average molecular weight is 460 g/mol. The summed E-state index contributed by atoms with van der Waals surface area (Å²) >= 11 is 6.13. The topological polar surface area (TPSA) is 74.8 Å². The number of hydrogen-bond donors (Lipinski definition) is 0. The van der Waals surface area contributed by atoms with Crippen LogP contribution in [0.15, 0.2) is 36.5 Å². The number of halogens is 4. The summed E-state index contributed by atoms with van der Waals surface area (Å²) in [6.45, 7) is 2.49. The number of nitrogens with zero attached hydrogens (tertiary/aromatic N) is 5. The summed E-state index contributed by atoms with van der Waals surface area (Å²) in [7, 11) is 0. The summed E-state index contributed by atoms with van der Waals surface area (Å²) in [6.07, 6.45) is -2.94. The Hall–Kier alpha value is -3.38. The van der Waals surface area contributed by atoms with Crippen molar-refractivity contribution in [3.8, 4) is 17.3 Å². The predicted molar refractivity (Wildman–Crippen MR) is 111 cm³/mol. The molecule has 2 aromatic heterocycles. The monoisotopic (exact) mass is 459 g/mol. The van der Waals surface area contributed by atoms with Crippen LogP contribution in [0.4, 0.5) is 13.2 Å². The van der Waals surface area contributed by atoms with Gasteiger partial charge in [-0.2, -0.15) is 23.5 Å². The lowest BCUT2D eigenvalue weighted by molar-refractivity contribution is -0.141. The van der Waals surface area contributed by atoms with Crippen molar-refractivity contribution in [2.75, 3.05) is 6.54 Å². The van der Waals surface area contributed by atoms with Crippen LogP contribution in [-0.4, -0.2) is 32.1 Å². The fourth-order valence-corrected chi connectivity index (χ4v) is 3.96. The van der Waals surface area contributed by atoms with Gasteiger partial charge in [-0.05, 0) is 18.2 Å². The Morgan fingerprint density at radius 3 is 2.75 bits per heavy atom. The highest BCUT2D eigenvalue weighted by molar-refractivity contribution is 6.31. The van der Waals surface area contributed by atoms with Crippen LogP contribution in [0.3, 0.4) is 0 Å². The number of aromatic nitrogens is 3. The minimum atomic E-state index is -4.58. The van der Waals surface area contributed by atoms with Crippen molar-refractivity contribution in [1.82, 2.24) is 19.7 Å². The number of benzene rings is 1. The standard InChI is InChI=1S/C22H17ClF3N5O/c1-13(32)30-6-5-19-17(12-30)21(15-4-2-3-14(7-15)9-27)29-31(19)11-16-10-28-20(8-18(16)23)22(24,25)26/h2-4,7-8,10H,5-6,11-12H2,1H3. The van der Waals surface area contributed by atoms with E-state index in [1.807, 2.05) is 6.07 Å². The van der Waals surface area contributed by atoms with Gasteiger partial charge in [-0.15, -0.1) is 0 Å². The first-order valence-electron chi connectivity index (χ1n) is 9.73. The Morgan fingerprint density at radius 1 is 1.31 bits per heavy atom. The van der Waals surface area contributed by atoms with Gasteiger partial charge in [-0.3, -0.25) is 14.5 Å². The molecule has 0 fully saturated rings. The minimum Gasteiger partial charge on any atom is -0.338 e. The van der Waals surface area contributed by atoms with Crippen molar-refractivity contribution in [1.29, 1.82) is 5.26 Å². The van der Waals surface area contributed by atoms with Crippen LogP contribution in [-0.2, 0) is 30.5 Å². The largest absolute Gasteiger partial charge is 0.433 e. The predicted octanol–water partition coefficient (Wildman–Crippen LogP) is 4.44. The van der Waals surface area contributed by atoms with Crippen LogP contribution < -0.4 is 0 Å². The number of carbonyl (C=O) groups excluding carboxylic acids is 1. The Morgan fingerprint density at radius 2 is 2.09 bits per heavy atom. The lowest BCUT2D eigenvalue weighted by atomic mass is 9.99. The number of nitriles is 1. The molecule has 10 heteroatoms. The lowest BCUT2D eigenvalue weighted by Crippen LogP contribution is -2.34. The summed E-state index contributed by atoms with van der Waals surface area (Å²) in [5, 5.41) is 13.9. The fraction of sp³-hybridized carbons (Fsp3) is 0.273. The molecule has 0 spiro atoms. The SMILES string of the molecule is CC(=O)N1CCc2c(c(-c3cccc(C#N)c3)nn2Cc2cnc(C(F)(F)F)cc2Cl)C1. The second-order valence-electron chi connectivity index (χ2n) is 7.47. The molecule has 4 rings (SSSR count). The number of amides is 1. The molecule has 32 heavy (non-hydrogen) atoms. The summed E-state index contributed by atoms with van der Waals surface area (Å²) in [5.41, 5.74) is 2.88. The first-order chi connectivity index (χ1) is 15.2. The molecular weight excluding hydrogens is 443 g/mol. The van der Waals surface area contributed by atoms with E-state index in [2.05, 4.69) is 11.1 Å². The first kappa shape index (κ1) is 21.8. The molecule has 1 aromatic carbocycles. The molecule has 0 radical (unpaired) electrons. The summed E-state index contributed by atoms with van der Waals surface area (Å²) in [4.78, 5) is 17.2. The van der Waals surface area contributed by atoms with Gasteiger partial charge in [-0.25, -0.2) is 0 Å². The number of hydrogen-bond acceptors (Lipinski definition) is 4. The van der Waals surface area contributed by atoms with Crippen LogP contribution in [0.2, 0.25) is 5.02 Å². The molecule has 6 nitrogen and oxygen atoms in total. The van der Waals surface area contributed by atoms with Crippen LogP contribution >= 0.6 is 11.6 Å². The van der Waals surface area contributed by atoms with Crippen molar-refractivity contribution in [2.24, 2.45) is 0 Å². The zero-order chi connectivity index (χ0) is 23.0. The van der Waals surface area contributed by atoms with Crippen LogP contribution in [0.5, 0.6) is 0 Å². The number of carbonyl (C=O) groups is 1. The van der Waals surface area contributed by atoms with Gasteiger partial charge in [0, 0.05) is 60.0 Å². The van der Waals surface area contributed by atoms with Gasteiger partial charge in [0.2, 0.25) is 5.91 Å². The van der Waals surface area contributed by atoms with E-state index in [1.54, 1.807) is 27.8 Å². The van der Waals surface area contributed by atoms with Crippen molar-refractivity contribution in [2.45, 2.75) is 32.6 Å². The second kappa shape index (κ2) is 8.28. The van der Waals surface area contributed by atoms with Crippen LogP contribution in [0.1, 0.15) is 35.0 Å². The maximum absolute atomic E-state index is 12.9. The first-order valence-corrected chi connectivity index (χ1v) is 10.1. The molecule has 1 aliphatic heterocycles. The van der Waals surface area contributed by atoms with Gasteiger partial charge >= 0.3 is 6.18 Å². The van der Waals surface area contributed by atoms with Gasteiger partial charge in [0.25, 0.3) is 0 Å². The summed E-state index contributed by atoms with van der Waals surface area (Å²) in [6, 6.07) is 9.88. The van der Waals surface area contributed by atoms with E-state index in [4.69, 9.17) is 16.7 Å². The van der Waals surface area contributed by atoms with E-state index >= 15 is 0 Å². The summed E-state index contributed by atoms with van der Waals surface area (Å²) in [5.74, 6) is -0.0601. The smallest absolute Gasteiger partial charge is 0.338 e. The van der Waals surface area contributed by atoms with E-state index in [1.165, 1.54) is 6.92 Å². The number of fused-ring (bicyclic) bond motifs is 1. The number of alkyl halides is 3. The van der Waals surface area contributed by atoms with Crippen molar-refractivity contribution in [3.63, 3.8) is 0 Å². The Balaban J connectivity index is 1.77. The quantitative estimate of drug-likeness (QED) is 0.580. The Bertz CT molecular complexity index is 1250. The molecule has 0 saturated carbocycles. The molecule has 1 aliphatic rings. The fourth-order valence-electron chi connectivity index (χ4n) is 3.75. The van der Waals surface area contributed by atoms with Gasteiger partial charge in [0.1, 0.15) is 5.69 Å². The third-order valence-corrected chi connectivity index (χ3v) is 5.74. The molecule has 0 aliphatic carbocycles. The van der Waals surface area contributed by atoms with E-state index in [-0.39, 0.29) is 17.5 Å². The normalized spacial score (nSPS) is 13.6. The molecule has 0 saturated heterocycles. The summed E-state index contributed by atoms with van der Waals surface area (Å²) < 4.78 is 40.4. The molecular formula is C22H17ClF3N5O. The molecule has 0 N–H and O–H groups in total. The number of rotatable bonds is 3. The molecule has 0 atom stereocenters. The van der Waals surface area contributed by atoms with Crippen molar-refractivity contribution in [3.05, 3.63) is 69.6 Å². The molecule has 3 heterocycles. The molecule has 0 bridgehead atoms. The molecule has 1 amide bonds. The maximum atomic E-state index is 12.9. The lowest BCUT2D eigenvalue weighted by Gasteiger charge is -2.27. The van der Waals surface area contributed by atoms with Crippen molar-refractivity contribution < 1.29 is 18.0 Å². The van der Waals surface area contributed by atoms with Gasteiger partial charge < -0.3 is 4.90 Å². The van der Waals surface area contributed by atoms with E-state index in [0.717, 1.165) is 29.1 Å². The van der Waals surface area contributed by atoms with Crippen LogP contribution in [0.25, 0.3) is 11.3 Å². The van der Waals surface area contributed by atoms with E-state index in [0.29, 0.717) is 36.3 Å². The highest BCUT2D eigenvalue weighted by Gasteiger charge is 2.33. The van der Waals surface area contributed by atoms with E-state index in [9.17, 15) is 23.2 Å². The average Bonchev–Trinajstić information content (AvgIpc) is 3.12. The highest BCUT2D eigenvalue weighted by Crippen LogP contribution is 2.33. The Labute approximate surface area is 186 Å². The Kier molecular flexibility index (Phi) is 5.65. The minimum absolute atomic E-state index is 0.0502. The van der Waals surface area contributed by atoms with E-state index < -0.39 is 11.9 Å². The number of pyridine rings is 1. The maximum Gasteiger partial charge on any atom is 0.433 e. The van der Waals surface area contributed by atoms with Gasteiger partial charge in [0.05, 0.1) is 23.9 Å². The zero-order valence-electron chi connectivity index (χ0n) is 16.9.